The molecule has 2 aliphatic rings. The van der Waals surface area contributed by atoms with Crippen LogP contribution < -0.4 is 0 Å². The maximum Gasteiger partial charge on any atom is 0.115 e. The second-order valence-electron chi connectivity index (χ2n) is 23.4. The Morgan fingerprint density at radius 2 is 0.422 bits per heavy atom. The molecule has 2 atom stereocenters. The molecular weight excluding hydrogens is 1100 g/mol. The van der Waals surface area contributed by atoms with Crippen LogP contribution >= 0.6 is 0 Å². The lowest BCUT2D eigenvalue weighted by Crippen LogP contribution is -2.10. The van der Waals surface area contributed by atoms with Crippen molar-refractivity contribution in [3.8, 4) is 134 Å². The summed E-state index contributed by atoms with van der Waals surface area (Å²) >= 11 is 0. The smallest absolute Gasteiger partial charge is 0.115 e. The summed E-state index contributed by atoms with van der Waals surface area (Å²) in [6.07, 6.45) is 19.4. The van der Waals surface area contributed by atoms with Crippen molar-refractivity contribution in [2.24, 2.45) is 0 Å². The lowest BCUT2D eigenvalue weighted by Gasteiger charge is -2.34. The highest BCUT2D eigenvalue weighted by atomic mass is 16.3. The maximum atomic E-state index is 11.1. The minimum Gasteiger partial charge on any atom is -0.508 e. The minimum atomic E-state index is -0.120. The zero-order valence-corrected chi connectivity index (χ0v) is 49.4. The fourth-order valence-electron chi connectivity index (χ4n) is 14.3. The molecule has 2 unspecified atom stereocenters. The number of allylic oxidation sites excluding steroid dienone is 8. The van der Waals surface area contributed by atoms with Gasteiger partial charge in [0.1, 0.15) is 23.0 Å². The molecule has 90 heavy (non-hydrogen) atoms. The van der Waals surface area contributed by atoms with E-state index >= 15 is 0 Å². The first-order valence-electron chi connectivity index (χ1n) is 30.9. The van der Waals surface area contributed by atoms with Gasteiger partial charge in [-0.25, -0.2) is 0 Å². The van der Waals surface area contributed by atoms with E-state index in [1.165, 1.54) is 0 Å². The van der Waals surface area contributed by atoms with Crippen LogP contribution in [0.5, 0.6) is 23.0 Å². The number of aromatic hydroxyl groups is 4. The van der Waals surface area contributed by atoms with Crippen LogP contribution in [0.3, 0.4) is 0 Å². The highest BCUT2D eigenvalue weighted by Gasteiger charge is 2.36. The molecule has 0 aromatic heterocycles. The SMILES string of the molecule is Oc1ccc(-c2c(-c3ccccc3)c(-c3ccccc3)c(-c3c4ccccc4c(-c4c(-c5ccccc5)c(-c5ccccc5)c(-c5ccc(O)cc5)c(-c5ccc(O)cc5)c4C4C=CC=CC4)c4ccccc34)c(C3C=CC=CC3)c2-c2ccc(O)cc2)cc1. The van der Waals surface area contributed by atoms with Crippen molar-refractivity contribution in [3.63, 3.8) is 0 Å². The van der Waals surface area contributed by atoms with Gasteiger partial charge in [0, 0.05) is 11.8 Å². The Morgan fingerprint density at radius 3 is 0.678 bits per heavy atom. The fraction of sp³-hybridized carbons (Fsp3) is 0.0465. The van der Waals surface area contributed by atoms with Crippen molar-refractivity contribution in [1.29, 1.82) is 0 Å². The van der Waals surface area contributed by atoms with Crippen molar-refractivity contribution in [1.82, 2.24) is 0 Å². The van der Waals surface area contributed by atoms with Gasteiger partial charge < -0.3 is 20.4 Å². The molecule has 430 valence electrons. The number of hydrogen-bond acceptors (Lipinski definition) is 4. The molecule has 13 aromatic rings. The average molecular weight is 1160 g/mol. The molecule has 0 saturated carbocycles. The van der Waals surface area contributed by atoms with E-state index in [2.05, 4.69) is 243 Å². The second kappa shape index (κ2) is 23.7. The van der Waals surface area contributed by atoms with Gasteiger partial charge >= 0.3 is 0 Å². The van der Waals surface area contributed by atoms with Gasteiger partial charge in [-0.1, -0.05) is 267 Å². The number of rotatable bonds is 12. The molecule has 0 bridgehead atoms. The van der Waals surface area contributed by atoms with Crippen LogP contribution in [-0.2, 0) is 0 Å². The Morgan fingerprint density at radius 1 is 0.200 bits per heavy atom. The summed E-state index contributed by atoms with van der Waals surface area (Å²) in [6.45, 7) is 0. The molecule has 0 radical (unpaired) electrons. The van der Waals surface area contributed by atoms with Crippen molar-refractivity contribution in [2.45, 2.75) is 24.7 Å². The molecule has 0 saturated heterocycles. The topological polar surface area (TPSA) is 80.9 Å². The van der Waals surface area contributed by atoms with E-state index in [0.29, 0.717) is 0 Å². The summed E-state index contributed by atoms with van der Waals surface area (Å²) in [6, 6.07) is 92.1. The molecule has 0 heterocycles. The normalized spacial score (nSPS) is 14.4. The first-order chi connectivity index (χ1) is 44.4. The maximum absolute atomic E-state index is 11.1. The highest BCUT2D eigenvalue weighted by Crippen LogP contribution is 2.62. The monoisotopic (exact) mass is 1160 g/mol. The molecule has 2 aliphatic carbocycles. The molecule has 4 heteroatoms. The van der Waals surface area contributed by atoms with Gasteiger partial charge in [0.2, 0.25) is 0 Å². The van der Waals surface area contributed by atoms with E-state index < -0.39 is 0 Å². The largest absolute Gasteiger partial charge is 0.508 e. The van der Waals surface area contributed by atoms with Crippen molar-refractivity contribution >= 4 is 21.5 Å². The van der Waals surface area contributed by atoms with Crippen molar-refractivity contribution in [3.05, 3.63) is 327 Å². The third kappa shape index (κ3) is 9.85. The van der Waals surface area contributed by atoms with Gasteiger partial charge in [0.25, 0.3) is 0 Å². The molecular formula is C86H62O4. The predicted molar refractivity (Wildman–Crippen MR) is 374 cm³/mol. The Kier molecular flexibility index (Phi) is 14.5. The Hall–Kier alpha value is -11.5. The first-order valence-corrected chi connectivity index (χ1v) is 30.9. The van der Waals surface area contributed by atoms with E-state index in [0.717, 1.165) is 157 Å². The number of benzene rings is 13. The summed E-state index contributed by atoms with van der Waals surface area (Å²) < 4.78 is 0. The van der Waals surface area contributed by atoms with Gasteiger partial charge in [-0.3, -0.25) is 0 Å². The lowest BCUT2D eigenvalue weighted by atomic mass is 9.69. The van der Waals surface area contributed by atoms with Crippen LogP contribution in [0.25, 0.3) is 133 Å². The fourth-order valence-corrected chi connectivity index (χ4v) is 14.3. The van der Waals surface area contributed by atoms with Gasteiger partial charge in [-0.15, -0.1) is 0 Å². The van der Waals surface area contributed by atoms with Gasteiger partial charge in [0.05, 0.1) is 0 Å². The van der Waals surface area contributed by atoms with E-state index in [9.17, 15) is 20.4 Å². The van der Waals surface area contributed by atoms with Crippen LogP contribution in [0, 0.1) is 0 Å². The summed E-state index contributed by atoms with van der Waals surface area (Å²) in [5, 5.41) is 48.6. The Labute approximate surface area is 524 Å². The number of phenols is 4. The van der Waals surface area contributed by atoms with E-state index in [4.69, 9.17) is 0 Å². The highest BCUT2D eigenvalue weighted by molar-refractivity contribution is 6.27. The van der Waals surface area contributed by atoms with E-state index in [-0.39, 0.29) is 34.8 Å². The third-order valence-corrected chi connectivity index (χ3v) is 18.1. The van der Waals surface area contributed by atoms with Gasteiger partial charge in [0.15, 0.2) is 0 Å². The van der Waals surface area contributed by atoms with Gasteiger partial charge in [-0.05, 0) is 205 Å². The molecule has 15 rings (SSSR count). The summed E-state index contributed by atoms with van der Waals surface area (Å²) in [7, 11) is 0. The molecule has 13 aromatic carbocycles. The second-order valence-corrected chi connectivity index (χ2v) is 23.4. The molecule has 0 amide bonds. The molecule has 4 nitrogen and oxygen atoms in total. The Bertz CT molecular complexity index is 4590. The van der Waals surface area contributed by atoms with Gasteiger partial charge in [-0.2, -0.15) is 0 Å². The van der Waals surface area contributed by atoms with Crippen molar-refractivity contribution in [2.75, 3.05) is 0 Å². The zero-order valence-electron chi connectivity index (χ0n) is 49.4. The summed E-state index contributed by atoms with van der Waals surface area (Å²) in [4.78, 5) is 0. The van der Waals surface area contributed by atoms with Crippen LogP contribution in [0.15, 0.2) is 316 Å². The number of fused-ring (bicyclic) bond motifs is 2. The Balaban J connectivity index is 1.21. The van der Waals surface area contributed by atoms with Crippen LogP contribution in [0.1, 0.15) is 35.8 Å². The van der Waals surface area contributed by atoms with E-state index in [1.807, 2.05) is 24.3 Å². The summed E-state index contributed by atoms with van der Waals surface area (Å²) in [5.74, 6) is 0.479. The molecule has 0 aliphatic heterocycles. The van der Waals surface area contributed by atoms with Crippen molar-refractivity contribution < 1.29 is 20.4 Å². The third-order valence-electron chi connectivity index (χ3n) is 18.1. The van der Waals surface area contributed by atoms with Crippen LogP contribution in [0.4, 0.5) is 0 Å². The zero-order chi connectivity index (χ0) is 60.7. The van der Waals surface area contributed by atoms with E-state index in [1.54, 1.807) is 48.5 Å². The molecule has 0 fully saturated rings. The molecule has 0 spiro atoms. The standard InChI is InChI=1S/C86H62O4/c87-65-47-39-61(40-48-65)75-73(55-23-7-1-8-24-55)79(57-27-11-3-12-28-57)85(81(59-31-15-5-16-32-59)77(75)63-43-51-67(89)52-44-63)83-69-35-19-21-37-71(69)84(72-38-22-20-36-70(72)83)86-80(58-29-13-4-14-30-58)74(56-25-9-2-10-26-56)76(62-41-49-66(88)50-42-62)78(64-45-53-68(90)54-46-64)82(86)60-33-17-6-18-34-60/h1-31,33,35-54,59-60,87-90H,32,34H2. The minimum absolute atomic E-state index is 0.120. The average Bonchev–Trinajstić information content (AvgIpc) is 0.715. The number of hydrogen-bond donors (Lipinski definition) is 4. The van der Waals surface area contributed by atoms with Crippen LogP contribution in [-0.4, -0.2) is 20.4 Å². The van der Waals surface area contributed by atoms with Crippen LogP contribution in [0.2, 0.25) is 0 Å². The number of phenolic OH excluding ortho intramolecular Hbond substituents is 4. The summed E-state index contributed by atoms with van der Waals surface area (Å²) in [5.41, 5.74) is 23.1. The quantitative estimate of drug-likeness (QED) is 0.0919. The predicted octanol–water partition coefficient (Wildman–Crippen LogP) is 22.7. The molecule has 4 N–H and O–H groups in total. The first kappa shape index (κ1) is 55.1. The lowest BCUT2D eigenvalue weighted by molar-refractivity contribution is 0.475.